The average molecular weight is 446 g/mol. The van der Waals surface area contributed by atoms with Gasteiger partial charge in [0, 0.05) is 18.8 Å². The first-order valence-corrected chi connectivity index (χ1v) is 12.8. The van der Waals surface area contributed by atoms with Crippen LogP contribution in [0.1, 0.15) is 71.6 Å². The van der Waals surface area contributed by atoms with E-state index in [1.165, 1.54) is 6.92 Å². The first-order chi connectivity index (χ1) is 14.2. The van der Waals surface area contributed by atoms with Crippen LogP contribution in [-0.2, 0) is 14.8 Å². The standard InChI is InChI=1S/C22H39NO6S/c1-3-5-8-11-17(24)14-15-19-18(20(25)16-21(19)26)12-9-6-7-10-13-22(27)23-30(28,29)4-2/h6,9,14-15,17-21,24-26H,3-5,7-8,10-13,16H2,1-2H3,(H,23,27)/b9-6+,15-14+/t17-,18-,19-,20+,21-/m1/s1. The predicted octanol–water partition coefficient (Wildman–Crippen LogP) is 2.42. The third kappa shape index (κ3) is 10.2. The number of amides is 1. The maximum atomic E-state index is 11.6. The van der Waals surface area contributed by atoms with E-state index in [4.69, 9.17) is 0 Å². The largest absolute Gasteiger partial charge is 0.393 e. The van der Waals surface area contributed by atoms with Gasteiger partial charge >= 0.3 is 0 Å². The molecule has 0 aliphatic heterocycles. The van der Waals surface area contributed by atoms with E-state index >= 15 is 0 Å². The maximum Gasteiger partial charge on any atom is 0.234 e. The van der Waals surface area contributed by atoms with Crippen LogP contribution in [0.25, 0.3) is 0 Å². The Morgan fingerprint density at radius 1 is 1.13 bits per heavy atom. The van der Waals surface area contributed by atoms with E-state index < -0.39 is 34.2 Å². The molecule has 1 rings (SSSR count). The minimum atomic E-state index is -3.51. The smallest absolute Gasteiger partial charge is 0.234 e. The zero-order valence-corrected chi connectivity index (χ0v) is 19.1. The molecule has 174 valence electrons. The Hall–Kier alpha value is -1.22. The Balaban J connectivity index is 2.43. The van der Waals surface area contributed by atoms with Crippen LogP contribution in [0.2, 0.25) is 0 Å². The fourth-order valence-corrected chi connectivity index (χ4v) is 4.30. The van der Waals surface area contributed by atoms with Gasteiger partial charge < -0.3 is 15.3 Å². The molecule has 1 fully saturated rings. The minimum Gasteiger partial charge on any atom is -0.393 e. The highest BCUT2D eigenvalue weighted by atomic mass is 32.2. The first kappa shape index (κ1) is 26.8. The number of carbonyl (C=O) groups excluding carboxylic acids is 1. The number of rotatable bonds is 14. The van der Waals surface area contributed by atoms with Gasteiger partial charge in [-0.1, -0.05) is 50.5 Å². The molecule has 0 heterocycles. The second kappa shape index (κ2) is 14.0. The van der Waals surface area contributed by atoms with Crippen molar-refractivity contribution < 1.29 is 28.5 Å². The van der Waals surface area contributed by atoms with Crippen molar-refractivity contribution in [2.75, 3.05) is 5.75 Å². The number of hydrogen-bond donors (Lipinski definition) is 4. The number of aliphatic hydroxyl groups is 3. The van der Waals surface area contributed by atoms with Crippen LogP contribution in [0, 0.1) is 11.8 Å². The summed E-state index contributed by atoms with van der Waals surface area (Å²) in [5.74, 6) is -0.939. The molecule has 0 aromatic rings. The molecule has 30 heavy (non-hydrogen) atoms. The highest BCUT2D eigenvalue weighted by molar-refractivity contribution is 7.90. The summed E-state index contributed by atoms with van der Waals surface area (Å²) in [6.45, 7) is 3.59. The third-order valence-electron chi connectivity index (χ3n) is 5.57. The van der Waals surface area contributed by atoms with E-state index in [1.54, 1.807) is 6.08 Å². The molecule has 0 spiro atoms. The van der Waals surface area contributed by atoms with Gasteiger partial charge in [-0.25, -0.2) is 8.42 Å². The third-order valence-corrected chi connectivity index (χ3v) is 6.87. The van der Waals surface area contributed by atoms with E-state index in [2.05, 4.69) is 6.92 Å². The van der Waals surface area contributed by atoms with E-state index in [9.17, 15) is 28.5 Å². The molecule has 1 saturated carbocycles. The number of carbonyl (C=O) groups is 1. The van der Waals surface area contributed by atoms with Gasteiger partial charge in [-0.05, 0) is 38.5 Å². The second-order valence-electron chi connectivity index (χ2n) is 8.09. The lowest BCUT2D eigenvalue weighted by molar-refractivity contribution is -0.119. The summed E-state index contributed by atoms with van der Waals surface area (Å²) in [5.41, 5.74) is 0. The summed E-state index contributed by atoms with van der Waals surface area (Å²) in [7, 11) is -3.51. The minimum absolute atomic E-state index is 0.117. The van der Waals surface area contributed by atoms with Crippen molar-refractivity contribution in [2.45, 2.75) is 89.9 Å². The zero-order chi connectivity index (χ0) is 22.6. The van der Waals surface area contributed by atoms with Crippen molar-refractivity contribution in [2.24, 2.45) is 11.8 Å². The van der Waals surface area contributed by atoms with Crippen LogP contribution in [0.15, 0.2) is 24.3 Å². The van der Waals surface area contributed by atoms with Crippen molar-refractivity contribution in [1.82, 2.24) is 4.72 Å². The Kier molecular flexibility index (Phi) is 12.5. The Morgan fingerprint density at radius 3 is 2.53 bits per heavy atom. The van der Waals surface area contributed by atoms with Gasteiger partial charge in [0.2, 0.25) is 15.9 Å². The topological polar surface area (TPSA) is 124 Å². The number of hydrogen-bond acceptors (Lipinski definition) is 6. The summed E-state index contributed by atoms with van der Waals surface area (Å²) in [5, 5.41) is 30.6. The highest BCUT2D eigenvalue weighted by Crippen LogP contribution is 2.36. The zero-order valence-electron chi connectivity index (χ0n) is 18.2. The number of nitrogens with one attached hydrogen (secondary N) is 1. The van der Waals surface area contributed by atoms with Gasteiger partial charge in [0.25, 0.3) is 0 Å². The highest BCUT2D eigenvalue weighted by Gasteiger charge is 2.39. The summed E-state index contributed by atoms with van der Waals surface area (Å²) in [4.78, 5) is 11.6. The molecule has 0 saturated heterocycles. The van der Waals surface area contributed by atoms with Crippen LogP contribution in [0.3, 0.4) is 0 Å². The molecular weight excluding hydrogens is 406 g/mol. The fraction of sp³-hybridized carbons (Fsp3) is 0.773. The molecular formula is C22H39NO6S. The Bertz CT molecular complexity index is 661. The van der Waals surface area contributed by atoms with Crippen molar-refractivity contribution >= 4 is 15.9 Å². The quantitative estimate of drug-likeness (QED) is 0.240. The monoisotopic (exact) mass is 445 g/mol. The first-order valence-electron chi connectivity index (χ1n) is 11.1. The van der Waals surface area contributed by atoms with Crippen molar-refractivity contribution in [3.05, 3.63) is 24.3 Å². The number of allylic oxidation sites excluding steroid dienone is 2. The molecule has 1 aliphatic carbocycles. The van der Waals surface area contributed by atoms with Crippen molar-refractivity contribution in [3.63, 3.8) is 0 Å². The molecule has 7 nitrogen and oxygen atoms in total. The SMILES string of the molecule is CCCCC[C@@H](O)/C=C/[C@@H]1[C@@H](C/C=C/CCCC(=O)NS(=O)(=O)CC)[C@@H](O)C[C@H]1O. The van der Waals surface area contributed by atoms with E-state index in [1.807, 2.05) is 23.0 Å². The van der Waals surface area contributed by atoms with E-state index in [0.717, 1.165) is 19.3 Å². The summed E-state index contributed by atoms with van der Waals surface area (Å²) < 4.78 is 24.7. The molecule has 0 radical (unpaired) electrons. The van der Waals surface area contributed by atoms with E-state index in [-0.39, 0.29) is 24.0 Å². The lowest BCUT2D eigenvalue weighted by Gasteiger charge is -2.19. The average Bonchev–Trinajstić information content (AvgIpc) is 2.95. The molecule has 1 aliphatic rings. The molecule has 1 amide bonds. The molecule has 0 aromatic heterocycles. The summed E-state index contributed by atoms with van der Waals surface area (Å²) >= 11 is 0. The second-order valence-corrected chi connectivity index (χ2v) is 10.1. The van der Waals surface area contributed by atoms with Crippen molar-refractivity contribution in [3.8, 4) is 0 Å². The molecule has 0 unspecified atom stereocenters. The Morgan fingerprint density at radius 2 is 1.87 bits per heavy atom. The molecule has 0 aromatic carbocycles. The molecule has 0 bridgehead atoms. The number of sulfonamides is 1. The lowest BCUT2D eigenvalue weighted by atomic mass is 9.89. The van der Waals surface area contributed by atoms with Gasteiger partial charge in [0.1, 0.15) is 0 Å². The fourth-order valence-electron chi connectivity index (χ4n) is 3.71. The van der Waals surface area contributed by atoms with Gasteiger partial charge in [-0.3, -0.25) is 9.52 Å². The van der Waals surface area contributed by atoms with Crippen LogP contribution in [-0.4, -0.2) is 53.7 Å². The lowest BCUT2D eigenvalue weighted by Crippen LogP contribution is -2.31. The number of unbranched alkanes of at least 4 members (excludes halogenated alkanes) is 3. The van der Waals surface area contributed by atoms with Crippen LogP contribution >= 0.6 is 0 Å². The molecule has 4 N–H and O–H groups in total. The number of aliphatic hydroxyl groups excluding tert-OH is 3. The molecule has 8 heteroatoms. The van der Waals surface area contributed by atoms with Crippen LogP contribution in [0.4, 0.5) is 0 Å². The Labute approximate surface area is 181 Å². The maximum absolute atomic E-state index is 11.6. The van der Waals surface area contributed by atoms with Gasteiger partial charge in [-0.15, -0.1) is 0 Å². The van der Waals surface area contributed by atoms with E-state index in [0.29, 0.717) is 32.1 Å². The van der Waals surface area contributed by atoms with Gasteiger partial charge in [0.05, 0.1) is 24.1 Å². The van der Waals surface area contributed by atoms with Gasteiger partial charge in [0.15, 0.2) is 0 Å². The van der Waals surface area contributed by atoms with Gasteiger partial charge in [-0.2, -0.15) is 0 Å². The molecule has 5 atom stereocenters. The normalized spacial score (nSPS) is 25.9. The van der Waals surface area contributed by atoms with Crippen LogP contribution < -0.4 is 4.72 Å². The predicted molar refractivity (Wildman–Crippen MR) is 118 cm³/mol. The van der Waals surface area contributed by atoms with Crippen LogP contribution in [0.5, 0.6) is 0 Å². The summed E-state index contributed by atoms with van der Waals surface area (Å²) in [6.07, 6.45) is 11.7. The summed E-state index contributed by atoms with van der Waals surface area (Å²) in [6, 6.07) is 0. The van der Waals surface area contributed by atoms with Crippen molar-refractivity contribution in [1.29, 1.82) is 0 Å².